The molecule has 0 saturated heterocycles. The third-order valence-electron chi connectivity index (χ3n) is 4.49. The highest BCUT2D eigenvalue weighted by atomic mass is 79.9. The summed E-state index contributed by atoms with van der Waals surface area (Å²) in [5.74, 6) is -0.238. The van der Waals surface area contributed by atoms with Crippen LogP contribution in [-0.4, -0.2) is 10.9 Å². The number of hydrogen-bond donors (Lipinski definition) is 1. The molecule has 0 bridgehead atoms. The van der Waals surface area contributed by atoms with Gasteiger partial charge < -0.3 is 5.32 Å². The molecule has 3 nitrogen and oxygen atoms in total. The number of rotatable bonds is 4. The van der Waals surface area contributed by atoms with Gasteiger partial charge in [0.15, 0.2) is 0 Å². The van der Waals surface area contributed by atoms with E-state index < -0.39 is 11.7 Å². The lowest BCUT2D eigenvalue weighted by molar-refractivity contribution is -0.137. The number of nitrogens with zero attached hydrogens (tertiary/aromatic N) is 1. The zero-order valence-electron chi connectivity index (χ0n) is 15.8. The molecule has 1 aromatic heterocycles. The Balaban J connectivity index is 1.51. The molecule has 1 amide bonds. The Morgan fingerprint density at radius 2 is 1.65 bits per heavy atom. The minimum Gasteiger partial charge on any atom is -0.322 e. The first kappa shape index (κ1) is 21.3. The van der Waals surface area contributed by atoms with E-state index in [1.54, 1.807) is 47.8 Å². The van der Waals surface area contributed by atoms with E-state index in [4.69, 9.17) is 0 Å². The molecule has 31 heavy (non-hydrogen) atoms. The van der Waals surface area contributed by atoms with Crippen LogP contribution in [0.3, 0.4) is 0 Å². The first-order valence-corrected chi connectivity index (χ1v) is 10.8. The topological polar surface area (TPSA) is 42.0 Å². The molecule has 3 aromatic carbocycles. The predicted octanol–water partition coefficient (Wildman–Crippen LogP) is 7.51. The molecule has 0 fully saturated rings. The molecule has 8 heteroatoms. The fourth-order valence-corrected chi connectivity index (χ4v) is 3.99. The summed E-state index contributed by atoms with van der Waals surface area (Å²) in [5.41, 5.74) is 2.12. The highest BCUT2D eigenvalue weighted by Crippen LogP contribution is 2.34. The van der Waals surface area contributed by atoms with Gasteiger partial charge in [-0.15, -0.1) is 11.3 Å². The lowest BCUT2D eigenvalue weighted by atomic mass is 10.1. The minimum atomic E-state index is -4.40. The molecule has 0 saturated carbocycles. The molecule has 1 N–H and O–H groups in total. The Hall–Kier alpha value is -2.97. The van der Waals surface area contributed by atoms with Crippen LogP contribution in [-0.2, 0) is 6.18 Å². The first-order valence-electron chi connectivity index (χ1n) is 9.10. The standard InChI is InChI=1S/C23H14BrF3N2OS/c24-18-8-10-19(11-9-18)28-21(30)14-4-6-15(7-5-14)22-29-20(13-31-22)16-2-1-3-17(12-16)23(25,26)27/h1-13H,(H,28,30). The van der Waals surface area contributed by atoms with Gasteiger partial charge in [0.25, 0.3) is 5.91 Å². The zero-order chi connectivity index (χ0) is 22.0. The van der Waals surface area contributed by atoms with Gasteiger partial charge in [-0.25, -0.2) is 4.98 Å². The maximum Gasteiger partial charge on any atom is 0.416 e. The quantitative estimate of drug-likeness (QED) is 0.313. The fourth-order valence-electron chi connectivity index (χ4n) is 2.89. The van der Waals surface area contributed by atoms with E-state index in [9.17, 15) is 18.0 Å². The highest BCUT2D eigenvalue weighted by molar-refractivity contribution is 9.10. The molecule has 0 aliphatic carbocycles. The molecule has 1 heterocycles. The maximum absolute atomic E-state index is 13.0. The lowest BCUT2D eigenvalue weighted by Gasteiger charge is -2.07. The number of nitrogens with one attached hydrogen (secondary N) is 1. The van der Waals surface area contributed by atoms with E-state index in [-0.39, 0.29) is 5.91 Å². The molecule has 0 aliphatic rings. The van der Waals surface area contributed by atoms with Crippen molar-refractivity contribution in [2.45, 2.75) is 6.18 Å². The first-order chi connectivity index (χ1) is 14.8. The summed E-state index contributed by atoms with van der Waals surface area (Å²) in [6.07, 6.45) is -4.40. The van der Waals surface area contributed by atoms with Crippen LogP contribution in [0.25, 0.3) is 21.8 Å². The van der Waals surface area contributed by atoms with Crippen molar-refractivity contribution in [3.63, 3.8) is 0 Å². The number of benzene rings is 3. The van der Waals surface area contributed by atoms with Crippen molar-refractivity contribution < 1.29 is 18.0 Å². The Labute approximate surface area is 188 Å². The second-order valence-electron chi connectivity index (χ2n) is 6.65. The number of thiazole rings is 1. The fraction of sp³-hybridized carbons (Fsp3) is 0.0435. The van der Waals surface area contributed by atoms with E-state index in [1.807, 2.05) is 12.1 Å². The van der Waals surface area contributed by atoms with E-state index in [1.165, 1.54) is 17.4 Å². The third-order valence-corrected chi connectivity index (χ3v) is 5.91. The molecule has 4 rings (SSSR count). The van der Waals surface area contributed by atoms with Gasteiger partial charge in [-0.3, -0.25) is 4.79 Å². The normalized spacial score (nSPS) is 11.4. The Morgan fingerprint density at radius 3 is 2.32 bits per heavy atom. The smallest absolute Gasteiger partial charge is 0.322 e. The SMILES string of the molecule is O=C(Nc1ccc(Br)cc1)c1ccc(-c2nc(-c3cccc(C(F)(F)F)c3)cs2)cc1. The summed E-state index contributed by atoms with van der Waals surface area (Å²) in [6.45, 7) is 0. The number of alkyl halides is 3. The van der Waals surface area contributed by atoms with E-state index in [0.717, 1.165) is 22.2 Å². The van der Waals surface area contributed by atoms with Crippen LogP contribution in [0.2, 0.25) is 0 Å². The van der Waals surface area contributed by atoms with E-state index in [2.05, 4.69) is 26.2 Å². The average molecular weight is 503 g/mol. The van der Waals surface area contributed by atoms with Crippen molar-refractivity contribution in [2.75, 3.05) is 5.32 Å². The van der Waals surface area contributed by atoms with Gasteiger partial charge in [0.05, 0.1) is 11.3 Å². The number of anilines is 1. The van der Waals surface area contributed by atoms with E-state index >= 15 is 0 Å². The molecule has 0 aliphatic heterocycles. The molecule has 0 spiro atoms. The molecular formula is C23H14BrF3N2OS. The van der Waals surface area contributed by atoms with Crippen LogP contribution in [0.1, 0.15) is 15.9 Å². The monoisotopic (exact) mass is 502 g/mol. The Bertz CT molecular complexity index is 1220. The summed E-state index contributed by atoms with van der Waals surface area (Å²) in [5, 5.41) is 5.20. The number of carbonyl (C=O) groups is 1. The predicted molar refractivity (Wildman–Crippen MR) is 120 cm³/mol. The summed E-state index contributed by atoms with van der Waals surface area (Å²) in [7, 11) is 0. The third kappa shape index (κ3) is 5.03. The number of aromatic nitrogens is 1. The van der Waals surface area contributed by atoms with Crippen LogP contribution >= 0.6 is 27.3 Å². The van der Waals surface area contributed by atoms with Crippen LogP contribution in [0.4, 0.5) is 18.9 Å². The van der Waals surface area contributed by atoms with Gasteiger partial charge in [-0.05, 0) is 48.5 Å². The van der Waals surface area contributed by atoms with Gasteiger partial charge >= 0.3 is 6.18 Å². The van der Waals surface area contributed by atoms with Crippen molar-refractivity contribution >= 4 is 38.9 Å². The molecular weight excluding hydrogens is 489 g/mol. The molecule has 0 radical (unpaired) electrons. The highest BCUT2D eigenvalue weighted by Gasteiger charge is 2.30. The van der Waals surface area contributed by atoms with Crippen LogP contribution in [0.15, 0.2) is 82.6 Å². The summed E-state index contributed by atoms with van der Waals surface area (Å²) >= 11 is 4.68. The summed E-state index contributed by atoms with van der Waals surface area (Å²) in [6, 6.07) is 19.3. The van der Waals surface area contributed by atoms with Crippen LogP contribution in [0, 0.1) is 0 Å². The van der Waals surface area contributed by atoms with Gasteiger partial charge in [-0.2, -0.15) is 13.2 Å². The van der Waals surface area contributed by atoms with Gasteiger partial charge in [-0.1, -0.05) is 40.2 Å². The summed E-state index contributed by atoms with van der Waals surface area (Å²) in [4.78, 5) is 16.9. The Morgan fingerprint density at radius 1 is 0.935 bits per heavy atom. The molecule has 4 aromatic rings. The lowest BCUT2D eigenvalue weighted by Crippen LogP contribution is -2.11. The maximum atomic E-state index is 13.0. The number of carbonyl (C=O) groups excluding carboxylic acids is 1. The van der Waals surface area contributed by atoms with Crippen molar-refractivity contribution in [3.8, 4) is 21.8 Å². The minimum absolute atomic E-state index is 0.238. The van der Waals surface area contributed by atoms with Gasteiger partial charge in [0, 0.05) is 32.2 Å². The Kier molecular flexibility index (Phi) is 5.93. The number of halogens is 4. The number of amides is 1. The molecule has 0 unspecified atom stereocenters. The van der Waals surface area contributed by atoms with Crippen molar-refractivity contribution in [1.29, 1.82) is 0 Å². The number of hydrogen-bond acceptors (Lipinski definition) is 3. The van der Waals surface area contributed by atoms with Crippen LogP contribution < -0.4 is 5.32 Å². The second-order valence-corrected chi connectivity index (χ2v) is 8.43. The van der Waals surface area contributed by atoms with Crippen molar-refractivity contribution in [2.24, 2.45) is 0 Å². The summed E-state index contributed by atoms with van der Waals surface area (Å²) < 4.78 is 39.8. The van der Waals surface area contributed by atoms with Gasteiger partial charge in [0.1, 0.15) is 5.01 Å². The van der Waals surface area contributed by atoms with Crippen molar-refractivity contribution in [3.05, 3.63) is 93.8 Å². The largest absolute Gasteiger partial charge is 0.416 e. The molecule has 156 valence electrons. The molecule has 0 atom stereocenters. The van der Waals surface area contributed by atoms with Crippen molar-refractivity contribution in [1.82, 2.24) is 4.98 Å². The van der Waals surface area contributed by atoms with E-state index in [0.29, 0.717) is 27.5 Å². The second kappa shape index (κ2) is 8.64. The van der Waals surface area contributed by atoms with Crippen LogP contribution in [0.5, 0.6) is 0 Å². The average Bonchev–Trinajstić information content (AvgIpc) is 3.25. The van der Waals surface area contributed by atoms with Gasteiger partial charge in [0.2, 0.25) is 0 Å². The zero-order valence-corrected chi connectivity index (χ0v) is 18.2.